The van der Waals surface area contributed by atoms with Crippen LogP contribution in [0.5, 0.6) is 0 Å². The van der Waals surface area contributed by atoms with Gasteiger partial charge in [0.15, 0.2) is 12.6 Å². The SMILES string of the molecule is C=CCO[C@H]1OC2COC(c3ccccc3)O[C@@H]2[C@H](O)C1O. The molecule has 6 nitrogen and oxygen atoms in total. The van der Waals surface area contributed by atoms with E-state index < -0.39 is 37.0 Å². The van der Waals surface area contributed by atoms with Gasteiger partial charge in [0, 0.05) is 5.56 Å². The van der Waals surface area contributed by atoms with Gasteiger partial charge in [0.1, 0.15) is 24.4 Å². The van der Waals surface area contributed by atoms with Crippen molar-refractivity contribution in [3.63, 3.8) is 0 Å². The van der Waals surface area contributed by atoms with Crippen molar-refractivity contribution in [1.82, 2.24) is 0 Å². The second kappa shape index (κ2) is 6.87. The second-order valence-electron chi connectivity index (χ2n) is 5.32. The first-order valence-corrected chi connectivity index (χ1v) is 7.27. The second-order valence-corrected chi connectivity index (χ2v) is 5.32. The van der Waals surface area contributed by atoms with Crippen LogP contribution >= 0.6 is 0 Å². The summed E-state index contributed by atoms with van der Waals surface area (Å²) in [6.07, 6.45) is -3.41. The van der Waals surface area contributed by atoms with Crippen molar-refractivity contribution in [1.29, 1.82) is 0 Å². The number of hydrogen-bond acceptors (Lipinski definition) is 6. The molecule has 2 fully saturated rings. The molecule has 1 aromatic carbocycles. The van der Waals surface area contributed by atoms with E-state index in [0.29, 0.717) is 0 Å². The van der Waals surface area contributed by atoms with Gasteiger partial charge < -0.3 is 29.2 Å². The summed E-state index contributed by atoms with van der Waals surface area (Å²) in [7, 11) is 0. The lowest BCUT2D eigenvalue weighted by Gasteiger charge is -2.46. The fraction of sp³-hybridized carbons (Fsp3) is 0.500. The third kappa shape index (κ3) is 3.08. The number of ether oxygens (including phenoxy) is 4. The maximum atomic E-state index is 10.3. The first-order chi connectivity index (χ1) is 10.7. The van der Waals surface area contributed by atoms with E-state index in [-0.39, 0.29) is 13.2 Å². The number of rotatable bonds is 4. The van der Waals surface area contributed by atoms with Crippen molar-refractivity contribution >= 4 is 0 Å². The first-order valence-electron chi connectivity index (χ1n) is 7.27. The molecule has 0 spiro atoms. The van der Waals surface area contributed by atoms with E-state index >= 15 is 0 Å². The lowest BCUT2D eigenvalue weighted by atomic mass is 9.98. The molecule has 0 bridgehead atoms. The molecule has 6 atom stereocenters. The zero-order chi connectivity index (χ0) is 15.5. The van der Waals surface area contributed by atoms with E-state index in [4.69, 9.17) is 18.9 Å². The predicted molar refractivity (Wildman–Crippen MR) is 76.8 cm³/mol. The number of aliphatic hydroxyl groups is 2. The standard InChI is InChI=1S/C16H20O6/c1-2-8-19-16-13(18)12(17)14-11(21-16)9-20-15(22-14)10-6-4-3-5-7-10/h2-7,11-18H,1,8-9H2/t11?,12-,13?,14+,15?,16+/m1/s1. The van der Waals surface area contributed by atoms with Crippen LogP contribution in [0.1, 0.15) is 11.9 Å². The maximum absolute atomic E-state index is 10.3. The molecular weight excluding hydrogens is 288 g/mol. The molecule has 0 aliphatic carbocycles. The van der Waals surface area contributed by atoms with Crippen LogP contribution in [0.25, 0.3) is 0 Å². The smallest absolute Gasteiger partial charge is 0.187 e. The molecule has 0 aromatic heterocycles. The average Bonchev–Trinajstić information content (AvgIpc) is 2.57. The average molecular weight is 308 g/mol. The fourth-order valence-electron chi connectivity index (χ4n) is 2.66. The fourth-order valence-corrected chi connectivity index (χ4v) is 2.66. The molecule has 3 unspecified atom stereocenters. The van der Waals surface area contributed by atoms with Gasteiger partial charge >= 0.3 is 0 Å². The minimum atomic E-state index is -1.18. The summed E-state index contributed by atoms with van der Waals surface area (Å²) in [5, 5.41) is 20.4. The Balaban J connectivity index is 1.69. The highest BCUT2D eigenvalue weighted by molar-refractivity contribution is 5.16. The van der Waals surface area contributed by atoms with E-state index in [2.05, 4.69) is 6.58 Å². The summed E-state index contributed by atoms with van der Waals surface area (Å²) in [4.78, 5) is 0. The van der Waals surface area contributed by atoms with Gasteiger partial charge in [-0.1, -0.05) is 36.4 Å². The van der Waals surface area contributed by atoms with E-state index in [0.717, 1.165) is 5.56 Å². The van der Waals surface area contributed by atoms with Gasteiger partial charge in [-0.15, -0.1) is 6.58 Å². The summed E-state index contributed by atoms with van der Waals surface area (Å²) in [5.74, 6) is 0. The van der Waals surface area contributed by atoms with Crippen LogP contribution in [0.4, 0.5) is 0 Å². The van der Waals surface area contributed by atoms with Gasteiger partial charge in [-0.25, -0.2) is 0 Å². The molecular formula is C16H20O6. The minimum Gasteiger partial charge on any atom is -0.387 e. The first kappa shape index (κ1) is 15.6. The Morgan fingerprint density at radius 2 is 1.95 bits per heavy atom. The Morgan fingerprint density at radius 1 is 1.18 bits per heavy atom. The molecule has 0 saturated carbocycles. The Bertz CT molecular complexity index is 491. The van der Waals surface area contributed by atoms with Crippen molar-refractivity contribution in [2.24, 2.45) is 0 Å². The van der Waals surface area contributed by atoms with Crippen molar-refractivity contribution in [2.75, 3.05) is 13.2 Å². The molecule has 2 saturated heterocycles. The molecule has 1 aromatic rings. The van der Waals surface area contributed by atoms with Gasteiger partial charge in [-0.2, -0.15) is 0 Å². The highest BCUT2D eigenvalue weighted by Gasteiger charge is 2.49. The van der Waals surface area contributed by atoms with Crippen LogP contribution in [-0.2, 0) is 18.9 Å². The van der Waals surface area contributed by atoms with E-state index in [1.165, 1.54) is 0 Å². The zero-order valence-electron chi connectivity index (χ0n) is 12.1. The number of aliphatic hydroxyl groups excluding tert-OH is 2. The third-order valence-corrected chi connectivity index (χ3v) is 3.78. The van der Waals surface area contributed by atoms with Crippen molar-refractivity contribution in [3.8, 4) is 0 Å². The summed E-state index contributed by atoms with van der Waals surface area (Å²) >= 11 is 0. The normalized spacial score (nSPS) is 38.3. The molecule has 2 aliphatic heterocycles. The van der Waals surface area contributed by atoms with E-state index in [1.54, 1.807) is 6.08 Å². The molecule has 2 aliphatic rings. The molecule has 3 rings (SSSR count). The molecule has 6 heteroatoms. The molecule has 2 heterocycles. The minimum absolute atomic E-state index is 0.222. The monoisotopic (exact) mass is 308 g/mol. The Kier molecular flexibility index (Phi) is 4.87. The quantitative estimate of drug-likeness (QED) is 0.799. The van der Waals surface area contributed by atoms with Crippen LogP contribution in [0.3, 0.4) is 0 Å². The Labute approximate surface area is 128 Å². The van der Waals surface area contributed by atoms with Gasteiger partial charge in [-0.05, 0) is 0 Å². The number of benzene rings is 1. The number of hydrogen-bond donors (Lipinski definition) is 2. The Morgan fingerprint density at radius 3 is 2.68 bits per heavy atom. The topological polar surface area (TPSA) is 77.4 Å². The number of fused-ring (bicyclic) bond motifs is 1. The van der Waals surface area contributed by atoms with Crippen LogP contribution in [-0.4, -0.2) is 54.1 Å². The molecule has 0 amide bonds. The van der Waals surface area contributed by atoms with Gasteiger partial charge in [0.05, 0.1) is 13.2 Å². The molecule has 0 radical (unpaired) electrons. The van der Waals surface area contributed by atoms with E-state index in [1.807, 2.05) is 30.3 Å². The highest BCUT2D eigenvalue weighted by Crippen LogP contribution is 2.34. The summed E-state index contributed by atoms with van der Waals surface area (Å²) in [6.45, 7) is 4.01. The van der Waals surface area contributed by atoms with Crippen LogP contribution in [0, 0.1) is 0 Å². The van der Waals surface area contributed by atoms with Crippen molar-refractivity contribution in [3.05, 3.63) is 48.6 Å². The largest absolute Gasteiger partial charge is 0.387 e. The maximum Gasteiger partial charge on any atom is 0.187 e. The van der Waals surface area contributed by atoms with Crippen LogP contribution in [0.2, 0.25) is 0 Å². The summed E-state index contributed by atoms with van der Waals surface area (Å²) in [6, 6.07) is 9.44. The molecule has 22 heavy (non-hydrogen) atoms. The highest BCUT2D eigenvalue weighted by atomic mass is 16.8. The lowest BCUT2D eigenvalue weighted by Crippen LogP contribution is -2.62. The van der Waals surface area contributed by atoms with E-state index in [9.17, 15) is 10.2 Å². The van der Waals surface area contributed by atoms with Gasteiger partial charge in [-0.3, -0.25) is 0 Å². The van der Waals surface area contributed by atoms with Crippen molar-refractivity contribution < 1.29 is 29.2 Å². The van der Waals surface area contributed by atoms with Crippen LogP contribution in [0.15, 0.2) is 43.0 Å². The third-order valence-electron chi connectivity index (χ3n) is 3.78. The molecule has 120 valence electrons. The Hall–Kier alpha value is -1.28. The van der Waals surface area contributed by atoms with Crippen molar-refractivity contribution in [2.45, 2.75) is 37.0 Å². The lowest BCUT2D eigenvalue weighted by molar-refractivity contribution is -0.360. The summed E-state index contributed by atoms with van der Waals surface area (Å²) in [5.41, 5.74) is 0.854. The zero-order valence-corrected chi connectivity index (χ0v) is 12.1. The summed E-state index contributed by atoms with van der Waals surface area (Å²) < 4.78 is 22.4. The molecule has 2 N–H and O–H groups in total. The van der Waals surface area contributed by atoms with Gasteiger partial charge in [0.2, 0.25) is 0 Å². The van der Waals surface area contributed by atoms with Gasteiger partial charge in [0.25, 0.3) is 0 Å². The predicted octanol–water partition coefficient (Wildman–Crippen LogP) is 0.750. The van der Waals surface area contributed by atoms with Crippen LogP contribution < -0.4 is 0 Å².